The molecule has 0 spiro atoms. The lowest BCUT2D eigenvalue weighted by atomic mass is 10.3. The number of para-hydroxylation sites is 1. The SMILES string of the molecule is C/C=C/C(=O)Nc1ccn(-c2ccccc2)n1. The van der Waals surface area contributed by atoms with Crippen molar-refractivity contribution < 1.29 is 4.79 Å². The summed E-state index contributed by atoms with van der Waals surface area (Å²) in [5.41, 5.74) is 0.957. The van der Waals surface area contributed by atoms with Crippen LogP contribution in [-0.2, 0) is 4.79 Å². The Kier molecular flexibility index (Phi) is 3.35. The third kappa shape index (κ3) is 2.81. The maximum atomic E-state index is 11.3. The molecule has 0 aliphatic heterocycles. The lowest BCUT2D eigenvalue weighted by Gasteiger charge is -2.00. The Labute approximate surface area is 99.6 Å². The number of nitrogens with zero attached hydrogens (tertiary/aromatic N) is 2. The predicted octanol–water partition coefficient (Wildman–Crippen LogP) is 2.39. The predicted molar refractivity (Wildman–Crippen MR) is 67.0 cm³/mol. The van der Waals surface area contributed by atoms with Crippen LogP contribution in [0.1, 0.15) is 6.92 Å². The minimum absolute atomic E-state index is 0.175. The third-order valence-corrected chi connectivity index (χ3v) is 2.18. The molecule has 1 aromatic carbocycles. The number of benzene rings is 1. The summed E-state index contributed by atoms with van der Waals surface area (Å²) in [5, 5.41) is 6.93. The van der Waals surface area contributed by atoms with E-state index in [0.29, 0.717) is 5.82 Å². The summed E-state index contributed by atoms with van der Waals surface area (Å²) in [6.45, 7) is 1.79. The molecule has 0 fully saturated rings. The van der Waals surface area contributed by atoms with Gasteiger partial charge in [0.1, 0.15) is 0 Å². The first-order chi connectivity index (χ1) is 8.29. The highest BCUT2D eigenvalue weighted by Gasteiger charge is 2.02. The van der Waals surface area contributed by atoms with Crippen LogP contribution in [0.2, 0.25) is 0 Å². The van der Waals surface area contributed by atoms with Gasteiger partial charge >= 0.3 is 0 Å². The molecule has 1 aromatic heterocycles. The Bertz CT molecular complexity index is 529. The van der Waals surface area contributed by atoms with Crippen molar-refractivity contribution in [2.45, 2.75) is 6.92 Å². The first-order valence-electron chi connectivity index (χ1n) is 5.34. The summed E-state index contributed by atoms with van der Waals surface area (Å²) in [5.74, 6) is 0.364. The minimum atomic E-state index is -0.175. The Balaban J connectivity index is 2.14. The molecule has 2 aromatic rings. The van der Waals surface area contributed by atoms with E-state index in [9.17, 15) is 4.79 Å². The number of carbonyl (C=O) groups is 1. The normalized spacial score (nSPS) is 10.6. The summed E-state index contributed by atoms with van der Waals surface area (Å²) in [6.07, 6.45) is 4.95. The fraction of sp³-hybridized carbons (Fsp3) is 0.0769. The van der Waals surface area contributed by atoms with Gasteiger partial charge in [0.15, 0.2) is 5.82 Å². The molecule has 0 bridgehead atoms. The van der Waals surface area contributed by atoms with Gasteiger partial charge in [0, 0.05) is 12.3 Å². The van der Waals surface area contributed by atoms with Gasteiger partial charge in [0.25, 0.3) is 0 Å². The standard InChI is InChI=1S/C13H13N3O/c1-2-6-13(17)14-12-9-10-16(15-12)11-7-4-3-5-8-11/h2-10H,1H3,(H,14,15,17)/b6-2+. The number of carbonyl (C=O) groups excluding carboxylic acids is 1. The van der Waals surface area contributed by atoms with Gasteiger partial charge in [0.05, 0.1) is 5.69 Å². The molecule has 4 nitrogen and oxygen atoms in total. The van der Waals surface area contributed by atoms with E-state index in [4.69, 9.17) is 0 Å². The lowest BCUT2D eigenvalue weighted by Crippen LogP contribution is -2.08. The van der Waals surface area contributed by atoms with Crippen molar-refractivity contribution in [3.63, 3.8) is 0 Å². The fourth-order valence-electron chi connectivity index (χ4n) is 1.43. The molecule has 0 saturated carbocycles. The molecule has 0 saturated heterocycles. The molecule has 1 heterocycles. The highest BCUT2D eigenvalue weighted by molar-refractivity contribution is 5.98. The van der Waals surface area contributed by atoms with Crippen LogP contribution in [0.4, 0.5) is 5.82 Å². The second kappa shape index (κ2) is 5.12. The Hall–Kier alpha value is -2.36. The molecule has 1 N–H and O–H groups in total. The molecule has 0 atom stereocenters. The maximum absolute atomic E-state index is 11.3. The summed E-state index contributed by atoms with van der Waals surface area (Å²) >= 11 is 0. The lowest BCUT2D eigenvalue weighted by molar-refractivity contribution is -0.111. The molecular formula is C13H13N3O. The van der Waals surface area contributed by atoms with Crippen molar-refractivity contribution in [2.75, 3.05) is 5.32 Å². The number of hydrogen-bond acceptors (Lipinski definition) is 2. The average Bonchev–Trinajstić information content (AvgIpc) is 2.79. The van der Waals surface area contributed by atoms with Gasteiger partial charge in [-0.15, -0.1) is 0 Å². The highest BCUT2D eigenvalue weighted by atomic mass is 16.1. The number of amides is 1. The van der Waals surface area contributed by atoms with Gasteiger partial charge in [-0.3, -0.25) is 4.79 Å². The van der Waals surface area contributed by atoms with E-state index in [-0.39, 0.29) is 5.91 Å². The highest BCUT2D eigenvalue weighted by Crippen LogP contribution is 2.09. The van der Waals surface area contributed by atoms with Crippen molar-refractivity contribution in [1.82, 2.24) is 9.78 Å². The molecule has 0 unspecified atom stereocenters. The van der Waals surface area contributed by atoms with Gasteiger partial charge < -0.3 is 5.32 Å². The van der Waals surface area contributed by atoms with Crippen LogP contribution < -0.4 is 5.32 Å². The van der Waals surface area contributed by atoms with E-state index in [0.717, 1.165) is 5.69 Å². The molecule has 86 valence electrons. The second-order valence-corrected chi connectivity index (χ2v) is 3.47. The zero-order chi connectivity index (χ0) is 12.1. The molecular weight excluding hydrogens is 214 g/mol. The topological polar surface area (TPSA) is 46.9 Å². The number of anilines is 1. The van der Waals surface area contributed by atoms with Crippen LogP contribution in [0.5, 0.6) is 0 Å². The molecule has 1 amide bonds. The quantitative estimate of drug-likeness (QED) is 0.818. The first kappa shape index (κ1) is 11.1. The van der Waals surface area contributed by atoms with Crippen molar-refractivity contribution >= 4 is 11.7 Å². The fourth-order valence-corrected chi connectivity index (χ4v) is 1.43. The summed E-state index contributed by atoms with van der Waals surface area (Å²) < 4.78 is 1.71. The van der Waals surface area contributed by atoms with Gasteiger partial charge in [-0.25, -0.2) is 4.68 Å². The zero-order valence-corrected chi connectivity index (χ0v) is 9.50. The molecule has 17 heavy (non-hydrogen) atoms. The van der Waals surface area contributed by atoms with Crippen LogP contribution in [-0.4, -0.2) is 15.7 Å². The Morgan fingerprint density at radius 2 is 2.06 bits per heavy atom. The summed E-state index contributed by atoms with van der Waals surface area (Å²) in [4.78, 5) is 11.3. The van der Waals surface area contributed by atoms with E-state index in [1.54, 1.807) is 29.9 Å². The van der Waals surface area contributed by atoms with E-state index in [1.165, 1.54) is 6.08 Å². The van der Waals surface area contributed by atoms with Crippen LogP contribution in [0, 0.1) is 0 Å². The first-order valence-corrected chi connectivity index (χ1v) is 5.34. The number of nitrogens with one attached hydrogen (secondary N) is 1. The van der Waals surface area contributed by atoms with E-state index in [2.05, 4.69) is 10.4 Å². The molecule has 0 aliphatic rings. The number of rotatable bonds is 3. The van der Waals surface area contributed by atoms with Crippen molar-refractivity contribution in [3.8, 4) is 5.69 Å². The molecule has 0 radical (unpaired) electrons. The monoisotopic (exact) mass is 227 g/mol. The number of hydrogen-bond donors (Lipinski definition) is 1. The van der Waals surface area contributed by atoms with E-state index < -0.39 is 0 Å². The van der Waals surface area contributed by atoms with Crippen LogP contribution in [0.3, 0.4) is 0 Å². The Morgan fingerprint density at radius 1 is 1.29 bits per heavy atom. The van der Waals surface area contributed by atoms with Crippen molar-refractivity contribution in [2.24, 2.45) is 0 Å². The maximum Gasteiger partial charge on any atom is 0.249 e. The molecule has 4 heteroatoms. The summed E-state index contributed by atoms with van der Waals surface area (Å²) in [6, 6.07) is 11.5. The average molecular weight is 227 g/mol. The molecule has 2 rings (SSSR count). The second-order valence-electron chi connectivity index (χ2n) is 3.47. The summed E-state index contributed by atoms with van der Waals surface area (Å²) in [7, 11) is 0. The zero-order valence-electron chi connectivity index (χ0n) is 9.50. The van der Waals surface area contributed by atoms with Crippen LogP contribution >= 0.6 is 0 Å². The minimum Gasteiger partial charge on any atom is -0.306 e. The van der Waals surface area contributed by atoms with Crippen molar-refractivity contribution in [1.29, 1.82) is 0 Å². The van der Waals surface area contributed by atoms with Crippen LogP contribution in [0.15, 0.2) is 54.7 Å². The Morgan fingerprint density at radius 3 is 2.76 bits per heavy atom. The largest absolute Gasteiger partial charge is 0.306 e. The van der Waals surface area contributed by atoms with Gasteiger partial charge in [-0.2, -0.15) is 5.10 Å². The smallest absolute Gasteiger partial charge is 0.249 e. The van der Waals surface area contributed by atoms with E-state index in [1.807, 2.05) is 30.3 Å². The van der Waals surface area contributed by atoms with Gasteiger partial charge in [-0.1, -0.05) is 24.3 Å². The molecule has 0 aliphatic carbocycles. The number of aromatic nitrogens is 2. The number of allylic oxidation sites excluding steroid dienone is 1. The van der Waals surface area contributed by atoms with Gasteiger partial charge in [0.2, 0.25) is 5.91 Å². The van der Waals surface area contributed by atoms with Gasteiger partial charge in [-0.05, 0) is 25.1 Å². The van der Waals surface area contributed by atoms with E-state index >= 15 is 0 Å². The third-order valence-electron chi connectivity index (χ3n) is 2.18. The van der Waals surface area contributed by atoms with Crippen molar-refractivity contribution in [3.05, 3.63) is 54.7 Å². The van der Waals surface area contributed by atoms with Crippen LogP contribution in [0.25, 0.3) is 5.69 Å².